The van der Waals surface area contributed by atoms with Gasteiger partial charge in [0.2, 0.25) is 0 Å². The van der Waals surface area contributed by atoms with E-state index in [1.54, 1.807) is 0 Å². The first kappa shape index (κ1) is 15.2. The fourth-order valence-electron chi connectivity index (χ4n) is 2.49. The van der Waals surface area contributed by atoms with Gasteiger partial charge in [-0.1, -0.05) is 70.7 Å². The first-order valence-electron chi connectivity index (χ1n) is 7.49. The van der Waals surface area contributed by atoms with Crippen molar-refractivity contribution in [2.75, 3.05) is 0 Å². The Morgan fingerprint density at radius 2 is 1.67 bits per heavy atom. The summed E-state index contributed by atoms with van der Waals surface area (Å²) in [7, 11) is 0. The molecule has 2 unspecified atom stereocenters. The maximum Gasteiger partial charge on any atom is 0.0818 e. The second kappa shape index (κ2) is 8.31. The predicted octanol–water partition coefficient (Wildman–Crippen LogP) is 4.89. The van der Waals surface area contributed by atoms with E-state index in [9.17, 15) is 5.11 Å². The zero-order valence-electron chi connectivity index (χ0n) is 12.2. The van der Waals surface area contributed by atoms with E-state index in [-0.39, 0.29) is 6.10 Å². The van der Waals surface area contributed by atoms with E-state index in [1.807, 2.05) is 0 Å². The molecule has 0 amide bonds. The summed E-state index contributed by atoms with van der Waals surface area (Å²) < 4.78 is 0. The first-order valence-corrected chi connectivity index (χ1v) is 7.49. The summed E-state index contributed by atoms with van der Waals surface area (Å²) in [5.41, 5.74) is 2.45. The van der Waals surface area contributed by atoms with E-state index in [1.165, 1.54) is 24.8 Å². The van der Waals surface area contributed by atoms with Crippen molar-refractivity contribution in [3.05, 3.63) is 35.4 Å². The molecule has 0 aliphatic carbocycles. The first-order chi connectivity index (χ1) is 8.72. The summed E-state index contributed by atoms with van der Waals surface area (Å²) in [4.78, 5) is 0. The Bertz CT molecular complexity index is 315. The summed E-state index contributed by atoms with van der Waals surface area (Å²) in [6.07, 6.45) is 6.61. The molecule has 18 heavy (non-hydrogen) atoms. The van der Waals surface area contributed by atoms with E-state index in [4.69, 9.17) is 0 Å². The number of benzene rings is 1. The molecule has 0 spiro atoms. The number of aliphatic hydroxyl groups is 1. The average Bonchev–Trinajstić information content (AvgIpc) is 2.40. The minimum Gasteiger partial charge on any atom is -0.388 e. The van der Waals surface area contributed by atoms with Gasteiger partial charge in [0, 0.05) is 0 Å². The molecule has 1 heteroatoms. The molecule has 0 aliphatic rings. The van der Waals surface area contributed by atoms with Crippen molar-refractivity contribution in [3.63, 3.8) is 0 Å². The standard InChI is InChI=1S/C17H28O/c1-4-7-9-15(6-3)17(18)16-12-10-14(8-5-2)11-13-16/h10-13,15,17-18H,4-9H2,1-3H3. The molecule has 0 saturated carbocycles. The number of aryl methyl sites for hydroxylation is 1. The van der Waals surface area contributed by atoms with Gasteiger partial charge in [0.05, 0.1) is 6.10 Å². The van der Waals surface area contributed by atoms with Crippen LogP contribution in [0.15, 0.2) is 24.3 Å². The molecule has 1 rings (SSSR count). The number of hydrogen-bond donors (Lipinski definition) is 1. The SMILES string of the molecule is CCCCC(CC)C(O)c1ccc(CCC)cc1. The highest BCUT2D eigenvalue weighted by atomic mass is 16.3. The maximum absolute atomic E-state index is 10.4. The Morgan fingerprint density at radius 3 is 2.17 bits per heavy atom. The lowest BCUT2D eigenvalue weighted by molar-refractivity contribution is 0.0989. The molecule has 1 nitrogen and oxygen atoms in total. The molecule has 0 heterocycles. The van der Waals surface area contributed by atoms with Gasteiger partial charge in [0.15, 0.2) is 0 Å². The van der Waals surface area contributed by atoms with Crippen LogP contribution in [0.5, 0.6) is 0 Å². The fourth-order valence-corrected chi connectivity index (χ4v) is 2.49. The van der Waals surface area contributed by atoms with Gasteiger partial charge in [-0.2, -0.15) is 0 Å². The number of unbranched alkanes of at least 4 members (excludes halogenated alkanes) is 1. The van der Waals surface area contributed by atoms with Gasteiger partial charge in [0.25, 0.3) is 0 Å². The third-order valence-electron chi connectivity index (χ3n) is 3.76. The number of aliphatic hydroxyl groups excluding tert-OH is 1. The minimum absolute atomic E-state index is 0.294. The molecule has 1 N–H and O–H groups in total. The normalized spacial score (nSPS) is 14.4. The van der Waals surface area contributed by atoms with Gasteiger partial charge < -0.3 is 5.11 Å². The molecule has 0 aliphatic heterocycles. The Morgan fingerprint density at radius 1 is 1.00 bits per heavy atom. The molecular weight excluding hydrogens is 220 g/mol. The largest absolute Gasteiger partial charge is 0.388 e. The van der Waals surface area contributed by atoms with Gasteiger partial charge in [-0.25, -0.2) is 0 Å². The molecule has 2 atom stereocenters. The minimum atomic E-state index is -0.294. The van der Waals surface area contributed by atoms with Crippen molar-refractivity contribution in [1.29, 1.82) is 0 Å². The van der Waals surface area contributed by atoms with Crippen molar-refractivity contribution >= 4 is 0 Å². The van der Waals surface area contributed by atoms with E-state index in [0.717, 1.165) is 24.8 Å². The quantitative estimate of drug-likeness (QED) is 0.694. The van der Waals surface area contributed by atoms with Crippen molar-refractivity contribution < 1.29 is 5.11 Å². The van der Waals surface area contributed by atoms with Crippen LogP contribution in [0.25, 0.3) is 0 Å². The summed E-state index contributed by atoms with van der Waals surface area (Å²) in [5, 5.41) is 10.4. The zero-order valence-corrected chi connectivity index (χ0v) is 12.2. The van der Waals surface area contributed by atoms with Crippen LogP contribution in [0, 0.1) is 5.92 Å². The van der Waals surface area contributed by atoms with Crippen LogP contribution in [0.1, 0.15) is 70.1 Å². The summed E-state index contributed by atoms with van der Waals surface area (Å²) in [6, 6.07) is 8.53. The monoisotopic (exact) mass is 248 g/mol. The van der Waals surface area contributed by atoms with E-state index < -0.39 is 0 Å². The Labute approximate surface area is 112 Å². The topological polar surface area (TPSA) is 20.2 Å². The van der Waals surface area contributed by atoms with Crippen LogP contribution in [-0.4, -0.2) is 5.11 Å². The molecule has 1 aromatic carbocycles. The summed E-state index contributed by atoms with van der Waals surface area (Å²) >= 11 is 0. The highest BCUT2D eigenvalue weighted by Crippen LogP contribution is 2.29. The molecule has 0 radical (unpaired) electrons. The van der Waals surface area contributed by atoms with Gasteiger partial charge in [0.1, 0.15) is 0 Å². The molecule has 0 saturated heterocycles. The lowest BCUT2D eigenvalue weighted by Gasteiger charge is -2.22. The molecule has 102 valence electrons. The Kier molecular flexibility index (Phi) is 7.04. The lowest BCUT2D eigenvalue weighted by atomic mass is 9.88. The second-order valence-electron chi connectivity index (χ2n) is 5.25. The number of hydrogen-bond acceptors (Lipinski definition) is 1. The third kappa shape index (κ3) is 4.45. The Balaban J connectivity index is 2.65. The molecule has 0 aromatic heterocycles. The van der Waals surface area contributed by atoms with Crippen LogP contribution in [-0.2, 0) is 6.42 Å². The average molecular weight is 248 g/mol. The molecule has 1 aromatic rings. The van der Waals surface area contributed by atoms with Crippen LogP contribution in [0.3, 0.4) is 0 Å². The second-order valence-corrected chi connectivity index (χ2v) is 5.25. The lowest BCUT2D eigenvalue weighted by Crippen LogP contribution is -2.12. The van der Waals surface area contributed by atoms with Crippen molar-refractivity contribution in [1.82, 2.24) is 0 Å². The molecular formula is C17H28O. The summed E-state index contributed by atoms with van der Waals surface area (Å²) in [6.45, 7) is 6.58. The summed E-state index contributed by atoms with van der Waals surface area (Å²) in [5.74, 6) is 0.405. The van der Waals surface area contributed by atoms with Crippen molar-refractivity contribution in [2.45, 2.75) is 65.4 Å². The van der Waals surface area contributed by atoms with Gasteiger partial charge >= 0.3 is 0 Å². The fraction of sp³-hybridized carbons (Fsp3) is 0.647. The Hall–Kier alpha value is -0.820. The highest BCUT2D eigenvalue weighted by Gasteiger charge is 2.18. The van der Waals surface area contributed by atoms with Crippen LogP contribution in [0.4, 0.5) is 0 Å². The van der Waals surface area contributed by atoms with Gasteiger partial charge in [-0.15, -0.1) is 0 Å². The maximum atomic E-state index is 10.4. The van der Waals surface area contributed by atoms with Crippen molar-refractivity contribution in [3.8, 4) is 0 Å². The van der Waals surface area contributed by atoms with E-state index >= 15 is 0 Å². The van der Waals surface area contributed by atoms with Crippen molar-refractivity contribution in [2.24, 2.45) is 5.92 Å². The van der Waals surface area contributed by atoms with Crippen LogP contribution < -0.4 is 0 Å². The smallest absolute Gasteiger partial charge is 0.0818 e. The zero-order chi connectivity index (χ0) is 13.4. The van der Waals surface area contributed by atoms with Crippen LogP contribution >= 0.6 is 0 Å². The van der Waals surface area contributed by atoms with Gasteiger partial charge in [-0.05, 0) is 29.9 Å². The van der Waals surface area contributed by atoms with Crippen LogP contribution in [0.2, 0.25) is 0 Å². The third-order valence-corrected chi connectivity index (χ3v) is 3.76. The van der Waals surface area contributed by atoms with E-state index in [2.05, 4.69) is 45.0 Å². The molecule has 0 fully saturated rings. The van der Waals surface area contributed by atoms with E-state index in [0.29, 0.717) is 5.92 Å². The molecule has 0 bridgehead atoms. The van der Waals surface area contributed by atoms with Gasteiger partial charge in [-0.3, -0.25) is 0 Å². The predicted molar refractivity (Wildman–Crippen MR) is 78.7 cm³/mol. The highest BCUT2D eigenvalue weighted by molar-refractivity contribution is 5.24. The number of rotatable bonds is 8.